The molecule has 2 amide bonds. The number of ether oxygens (including phenoxy) is 1. The minimum Gasteiger partial charge on any atom is -0.492 e. The van der Waals surface area contributed by atoms with Gasteiger partial charge < -0.3 is 19.9 Å². The van der Waals surface area contributed by atoms with Gasteiger partial charge in [0.15, 0.2) is 0 Å². The van der Waals surface area contributed by atoms with E-state index in [1.165, 1.54) is 22.3 Å². The Hall–Kier alpha value is -3.64. The number of carbonyl (C=O) groups excluding carboxylic acids is 2. The number of hydrogen-bond donors (Lipinski definition) is 1. The SMILES string of the molecule is Cc1cc(C)c2c(c1)C(NC(=O)C1Cc3ccccc3CN1C(=O)c1cccc(OCCN(C)C)c1)CCC2. The van der Waals surface area contributed by atoms with Crippen LogP contribution in [0.2, 0.25) is 0 Å². The lowest BCUT2D eigenvalue weighted by Crippen LogP contribution is -2.53. The van der Waals surface area contributed by atoms with Crippen molar-refractivity contribution in [3.63, 3.8) is 0 Å². The maximum Gasteiger partial charge on any atom is 0.254 e. The molecule has 2 atom stereocenters. The van der Waals surface area contributed by atoms with Crippen LogP contribution in [0.3, 0.4) is 0 Å². The number of benzene rings is 3. The molecule has 0 spiro atoms. The van der Waals surface area contributed by atoms with Gasteiger partial charge in [0.05, 0.1) is 6.04 Å². The van der Waals surface area contributed by atoms with Crippen molar-refractivity contribution in [2.24, 2.45) is 0 Å². The minimum atomic E-state index is -0.581. The van der Waals surface area contributed by atoms with Crippen molar-refractivity contribution in [3.8, 4) is 5.75 Å². The fourth-order valence-corrected chi connectivity index (χ4v) is 5.94. The highest BCUT2D eigenvalue weighted by Crippen LogP contribution is 2.34. The minimum absolute atomic E-state index is 0.0394. The first-order valence-electron chi connectivity index (χ1n) is 14.0. The normalized spacial score (nSPS) is 18.3. The van der Waals surface area contributed by atoms with Crippen LogP contribution in [0.1, 0.15) is 62.6 Å². The van der Waals surface area contributed by atoms with Crippen LogP contribution in [0.25, 0.3) is 0 Å². The van der Waals surface area contributed by atoms with E-state index < -0.39 is 6.04 Å². The second kappa shape index (κ2) is 11.6. The van der Waals surface area contributed by atoms with Gasteiger partial charge in [-0.3, -0.25) is 9.59 Å². The molecule has 1 aliphatic heterocycles. The fourth-order valence-electron chi connectivity index (χ4n) is 5.94. The Morgan fingerprint density at radius 1 is 1.03 bits per heavy atom. The van der Waals surface area contributed by atoms with Crippen molar-refractivity contribution in [3.05, 3.63) is 99.6 Å². The largest absolute Gasteiger partial charge is 0.492 e. The summed E-state index contributed by atoms with van der Waals surface area (Å²) in [5.41, 5.74) is 7.82. The van der Waals surface area contributed by atoms with Crippen molar-refractivity contribution in [2.75, 3.05) is 27.2 Å². The van der Waals surface area contributed by atoms with Crippen LogP contribution >= 0.6 is 0 Å². The van der Waals surface area contributed by atoms with E-state index in [9.17, 15) is 9.59 Å². The molecule has 5 rings (SSSR count). The smallest absolute Gasteiger partial charge is 0.254 e. The third-order valence-corrected chi connectivity index (χ3v) is 7.96. The number of aryl methyl sites for hydroxylation is 2. The highest BCUT2D eigenvalue weighted by molar-refractivity contribution is 5.98. The molecule has 3 aromatic carbocycles. The van der Waals surface area contributed by atoms with Crippen LogP contribution in [0.4, 0.5) is 0 Å². The van der Waals surface area contributed by atoms with Gasteiger partial charge in [-0.25, -0.2) is 0 Å². The summed E-state index contributed by atoms with van der Waals surface area (Å²) in [7, 11) is 3.99. The number of amides is 2. The highest BCUT2D eigenvalue weighted by Gasteiger charge is 2.36. The van der Waals surface area contributed by atoms with E-state index in [-0.39, 0.29) is 17.9 Å². The average molecular weight is 526 g/mol. The highest BCUT2D eigenvalue weighted by atomic mass is 16.5. The molecule has 2 aliphatic rings. The monoisotopic (exact) mass is 525 g/mol. The van der Waals surface area contributed by atoms with Crippen LogP contribution in [-0.4, -0.2) is 54.9 Å². The first kappa shape index (κ1) is 26.9. The standard InChI is InChI=1S/C33H39N3O3/c1-22-17-23(2)28-13-8-14-30(29(28)18-22)34-32(37)31-20-24-9-5-6-10-26(24)21-36(31)33(38)25-11-7-12-27(19-25)39-16-15-35(3)4/h5-7,9-12,17-19,30-31H,8,13-16,20-21H2,1-4H3,(H,34,37). The van der Waals surface area contributed by atoms with Crippen LogP contribution in [-0.2, 0) is 24.2 Å². The van der Waals surface area contributed by atoms with E-state index in [4.69, 9.17) is 4.74 Å². The molecule has 2 unspecified atom stereocenters. The average Bonchev–Trinajstić information content (AvgIpc) is 2.92. The number of rotatable bonds is 7. The van der Waals surface area contributed by atoms with E-state index in [2.05, 4.69) is 42.3 Å². The van der Waals surface area contributed by atoms with Crippen LogP contribution in [0.15, 0.2) is 60.7 Å². The van der Waals surface area contributed by atoms with E-state index in [0.717, 1.165) is 36.9 Å². The summed E-state index contributed by atoms with van der Waals surface area (Å²) >= 11 is 0. The second-order valence-electron chi connectivity index (χ2n) is 11.2. The molecule has 0 saturated carbocycles. The Kier molecular flexibility index (Phi) is 8.03. The molecule has 6 heteroatoms. The van der Waals surface area contributed by atoms with Crippen molar-refractivity contribution in [2.45, 2.75) is 58.2 Å². The number of likely N-dealkylation sites (N-methyl/N-ethyl adjacent to an activating group) is 1. The summed E-state index contributed by atoms with van der Waals surface area (Å²) < 4.78 is 5.89. The van der Waals surface area contributed by atoms with Gasteiger partial charge in [-0.2, -0.15) is 0 Å². The zero-order chi connectivity index (χ0) is 27.5. The molecule has 204 valence electrons. The molecule has 0 saturated heterocycles. The lowest BCUT2D eigenvalue weighted by Gasteiger charge is -2.37. The van der Waals surface area contributed by atoms with Gasteiger partial charge in [0.2, 0.25) is 5.91 Å². The molecule has 1 heterocycles. The Morgan fingerprint density at radius 3 is 2.62 bits per heavy atom. The quantitative estimate of drug-likeness (QED) is 0.471. The van der Waals surface area contributed by atoms with Crippen molar-refractivity contribution >= 4 is 11.8 Å². The van der Waals surface area contributed by atoms with E-state index in [0.29, 0.717) is 30.9 Å². The Bertz CT molecular complexity index is 1370. The summed E-state index contributed by atoms with van der Waals surface area (Å²) in [5, 5.41) is 3.35. The Labute approximate surface area is 232 Å². The van der Waals surface area contributed by atoms with Crippen LogP contribution < -0.4 is 10.1 Å². The van der Waals surface area contributed by atoms with Gasteiger partial charge in [0.1, 0.15) is 18.4 Å². The molecule has 0 fully saturated rings. The van der Waals surface area contributed by atoms with E-state index in [1.807, 2.05) is 44.4 Å². The number of hydrogen-bond acceptors (Lipinski definition) is 4. The van der Waals surface area contributed by atoms with Crippen LogP contribution in [0, 0.1) is 13.8 Å². The van der Waals surface area contributed by atoms with Gasteiger partial charge in [0.25, 0.3) is 5.91 Å². The molecule has 6 nitrogen and oxygen atoms in total. The van der Waals surface area contributed by atoms with Gasteiger partial charge in [0, 0.05) is 25.1 Å². The van der Waals surface area contributed by atoms with Gasteiger partial charge in [-0.15, -0.1) is 0 Å². The third-order valence-electron chi connectivity index (χ3n) is 7.96. The summed E-state index contributed by atoms with van der Waals surface area (Å²) in [4.78, 5) is 31.7. The summed E-state index contributed by atoms with van der Waals surface area (Å²) in [6.45, 7) is 5.99. The summed E-state index contributed by atoms with van der Waals surface area (Å²) in [5.74, 6) is 0.414. The topological polar surface area (TPSA) is 61.9 Å². The molecule has 1 N–H and O–H groups in total. The fraction of sp³-hybridized carbons (Fsp3) is 0.394. The molecule has 3 aromatic rings. The van der Waals surface area contributed by atoms with Gasteiger partial charge >= 0.3 is 0 Å². The lowest BCUT2D eigenvalue weighted by molar-refractivity contribution is -0.127. The molecule has 1 aliphatic carbocycles. The molecule has 0 aromatic heterocycles. The Balaban J connectivity index is 1.40. The molecule has 39 heavy (non-hydrogen) atoms. The zero-order valence-electron chi connectivity index (χ0n) is 23.5. The van der Waals surface area contributed by atoms with Gasteiger partial charge in [-0.1, -0.05) is 48.0 Å². The molecular weight excluding hydrogens is 486 g/mol. The Morgan fingerprint density at radius 2 is 1.82 bits per heavy atom. The zero-order valence-corrected chi connectivity index (χ0v) is 23.5. The summed E-state index contributed by atoms with van der Waals surface area (Å²) in [6.07, 6.45) is 3.49. The number of carbonyl (C=O) groups is 2. The number of nitrogens with zero attached hydrogens (tertiary/aromatic N) is 2. The van der Waals surface area contributed by atoms with E-state index >= 15 is 0 Å². The maximum atomic E-state index is 13.9. The predicted octanol–water partition coefficient (Wildman–Crippen LogP) is 5.00. The summed E-state index contributed by atoms with van der Waals surface area (Å²) in [6, 6.07) is 19.2. The first-order chi connectivity index (χ1) is 18.8. The maximum absolute atomic E-state index is 13.9. The molecule has 0 bridgehead atoms. The van der Waals surface area contributed by atoms with Crippen molar-refractivity contribution < 1.29 is 14.3 Å². The number of fused-ring (bicyclic) bond motifs is 2. The predicted molar refractivity (Wildman–Crippen MR) is 154 cm³/mol. The molecule has 0 radical (unpaired) electrons. The van der Waals surface area contributed by atoms with Crippen LogP contribution in [0.5, 0.6) is 5.75 Å². The molecular formula is C33H39N3O3. The third kappa shape index (κ3) is 6.01. The second-order valence-corrected chi connectivity index (χ2v) is 11.2. The number of nitrogens with one attached hydrogen (secondary N) is 1. The van der Waals surface area contributed by atoms with Crippen molar-refractivity contribution in [1.29, 1.82) is 0 Å². The van der Waals surface area contributed by atoms with Gasteiger partial charge in [-0.05, 0) is 93.2 Å². The van der Waals surface area contributed by atoms with Crippen molar-refractivity contribution in [1.82, 2.24) is 15.1 Å². The van der Waals surface area contributed by atoms with E-state index in [1.54, 1.807) is 17.0 Å². The lowest BCUT2D eigenvalue weighted by atomic mass is 9.83. The first-order valence-corrected chi connectivity index (χ1v) is 14.0.